The second kappa shape index (κ2) is 9.81. The topological polar surface area (TPSA) is 36.4 Å². The molecule has 1 aliphatic rings. The van der Waals surface area contributed by atoms with E-state index in [2.05, 4.69) is 9.88 Å². The van der Waals surface area contributed by atoms with E-state index in [1.807, 2.05) is 34.5 Å². The third-order valence-electron chi connectivity index (χ3n) is 4.96. The zero-order chi connectivity index (χ0) is 20.9. The third kappa shape index (κ3) is 5.53. The van der Waals surface area contributed by atoms with Gasteiger partial charge in [-0.05, 0) is 42.0 Å². The molecule has 3 aromatic rings. The lowest BCUT2D eigenvalue weighted by Gasteiger charge is -2.36. The van der Waals surface area contributed by atoms with Crippen molar-refractivity contribution < 1.29 is 9.18 Å². The highest BCUT2D eigenvalue weighted by molar-refractivity contribution is 8.00. The van der Waals surface area contributed by atoms with E-state index in [4.69, 9.17) is 11.6 Å². The van der Waals surface area contributed by atoms with Crippen LogP contribution < -0.4 is 4.90 Å². The number of amides is 1. The second-order valence-corrected chi connectivity index (χ2v) is 9.56. The lowest BCUT2D eigenvalue weighted by atomic mass is 10.2. The minimum Gasteiger partial charge on any atom is -0.368 e. The molecule has 1 fully saturated rings. The fourth-order valence-electron chi connectivity index (χ4n) is 3.29. The predicted octanol–water partition coefficient (Wildman–Crippen LogP) is 5.12. The number of thiazole rings is 1. The normalized spacial score (nSPS) is 14.2. The van der Waals surface area contributed by atoms with Crippen molar-refractivity contribution in [1.82, 2.24) is 9.88 Å². The molecular weight excluding hydrogens is 441 g/mol. The van der Waals surface area contributed by atoms with Crippen LogP contribution in [0.5, 0.6) is 0 Å². The summed E-state index contributed by atoms with van der Waals surface area (Å²) in [6.07, 6.45) is 0.328. The van der Waals surface area contributed by atoms with Crippen LogP contribution in [0.3, 0.4) is 0 Å². The molecule has 4 rings (SSSR count). The molecule has 8 heteroatoms. The molecule has 0 bridgehead atoms. The van der Waals surface area contributed by atoms with Crippen LogP contribution in [0.1, 0.15) is 11.3 Å². The maximum absolute atomic E-state index is 13.1. The van der Waals surface area contributed by atoms with Crippen LogP contribution >= 0.6 is 34.7 Å². The molecule has 1 amide bonds. The molecule has 1 aliphatic heterocycles. The van der Waals surface area contributed by atoms with E-state index in [-0.39, 0.29) is 11.7 Å². The highest BCUT2D eigenvalue weighted by atomic mass is 35.5. The molecular formula is C22H21ClFN3OS2. The minimum atomic E-state index is -0.235. The van der Waals surface area contributed by atoms with Gasteiger partial charge in [-0.2, -0.15) is 0 Å². The minimum absolute atomic E-state index is 0.105. The lowest BCUT2D eigenvalue weighted by Crippen LogP contribution is -2.49. The molecule has 1 aromatic heterocycles. The Kier molecular flexibility index (Phi) is 6.92. The number of carbonyl (C=O) groups is 1. The number of hydrogen-bond donors (Lipinski definition) is 0. The SMILES string of the molecule is O=C(Cc1csc(SCc2ccc(Cl)cc2)n1)N1CCN(c2ccc(F)cc2)CC1. The predicted molar refractivity (Wildman–Crippen MR) is 122 cm³/mol. The molecule has 0 atom stereocenters. The summed E-state index contributed by atoms with van der Waals surface area (Å²) in [5.41, 5.74) is 3.01. The standard InChI is InChI=1S/C22H21ClFN3OS2/c23-17-3-1-16(2-4-17)14-29-22-25-19(15-30-22)13-21(28)27-11-9-26(10-12-27)20-7-5-18(24)6-8-20/h1-8,15H,9-14H2. The maximum Gasteiger partial charge on any atom is 0.228 e. The Balaban J connectivity index is 1.25. The lowest BCUT2D eigenvalue weighted by molar-refractivity contribution is -0.130. The summed E-state index contributed by atoms with van der Waals surface area (Å²) in [4.78, 5) is 21.4. The van der Waals surface area contributed by atoms with E-state index in [1.54, 1.807) is 35.2 Å². The van der Waals surface area contributed by atoms with Gasteiger partial charge in [0, 0.05) is 48.0 Å². The average Bonchev–Trinajstić information content (AvgIpc) is 3.21. The van der Waals surface area contributed by atoms with Crippen molar-refractivity contribution in [1.29, 1.82) is 0 Å². The van der Waals surface area contributed by atoms with Gasteiger partial charge in [-0.3, -0.25) is 4.79 Å². The van der Waals surface area contributed by atoms with Gasteiger partial charge in [-0.15, -0.1) is 11.3 Å². The summed E-state index contributed by atoms with van der Waals surface area (Å²) in [6, 6.07) is 14.3. The van der Waals surface area contributed by atoms with E-state index < -0.39 is 0 Å². The van der Waals surface area contributed by atoms with Gasteiger partial charge in [-0.1, -0.05) is 35.5 Å². The van der Waals surface area contributed by atoms with Crippen molar-refractivity contribution in [2.45, 2.75) is 16.5 Å². The fourth-order valence-corrected chi connectivity index (χ4v) is 5.22. The first-order valence-electron chi connectivity index (χ1n) is 9.67. The largest absolute Gasteiger partial charge is 0.368 e. The number of carbonyl (C=O) groups excluding carboxylic acids is 1. The van der Waals surface area contributed by atoms with Gasteiger partial charge in [0.2, 0.25) is 5.91 Å². The number of aromatic nitrogens is 1. The van der Waals surface area contributed by atoms with Gasteiger partial charge in [0.05, 0.1) is 12.1 Å². The van der Waals surface area contributed by atoms with E-state index >= 15 is 0 Å². The maximum atomic E-state index is 13.1. The average molecular weight is 462 g/mol. The zero-order valence-electron chi connectivity index (χ0n) is 16.3. The third-order valence-corrected chi connectivity index (χ3v) is 7.36. The van der Waals surface area contributed by atoms with E-state index in [0.717, 1.165) is 39.6 Å². The number of benzene rings is 2. The molecule has 0 aliphatic carbocycles. The number of piperazine rings is 1. The molecule has 156 valence electrons. The Bertz CT molecular complexity index is 986. The molecule has 0 saturated carbocycles. The number of rotatable bonds is 6. The first-order chi connectivity index (χ1) is 14.6. The molecule has 30 heavy (non-hydrogen) atoms. The van der Waals surface area contributed by atoms with Crippen LogP contribution in [0, 0.1) is 5.82 Å². The molecule has 0 radical (unpaired) electrons. The van der Waals surface area contributed by atoms with Gasteiger partial charge in [0.1, 0.15) is 10.2 Å². The first-order valence-corrected chi connectivity index (χ1v) is 11.9. The van der Waals surface area contributed by atoms with Gasteiger partial charge >= 0.3 is 0 Å². The van der Waals surface area contributed by atoms with Gasteiger partial charge in [-0.25, -0.2) is 9.37 Å². The summed E-state index contributed by atoms with van der Waals surface area (Å²) in [7, 11) is 0. The molecule has 4 nitrogen and oxygen atoms in total. The van der Waals surface area contributed by atoms with Gasteiger partial charge in [0.25, 0.3) is 0 Å². The Morgan fingerprint density at radius 1 is 1.07 bits per heavy atom. The van der Waals surface area contributed by atoms with Crippen molar-refractivity contribution in [3.63, 3.8) is 0 Å². The Hall–Kier alpha value is -2.09. The first kappa shape index (κ1) is 21.2. The summed E-state index contributed by atoms with van der Waals surface area (Å²) >= 11 is 9.16. The van der Waals surface area contributed by atoms with Crippen molar-refractivity contribution >= 4 is 46.3 Å². The number of thioether (sulfide) groups is 1. The molecule has 2 aromatic carbocycles. The van der Waals surface area contributed by atoms with Crippen molar-refractivity contribution in [3.8, 4) is 0 Å². The molecule has 0 unspecified atom stereocenters. The van der Waals surface area contributed by atoms with E-state index in [1.165, 1.54) is 17.7 Å². The Labute approximate surface area is 188 Å². The van der Waals surface area contributed by atoms with Crippen LogP contribution in [-0.4, -0.2) is 42.0 Å². The van der Waals surface area contributed by atoms with Crippen molar-refractivity contribution in [2.24, 2.45) is 0 Å². The van der Waals surface area contributed by atoms with E-state index in [0.29, 0.717) is 19.5 Å². The Morgan fingerprint density at radius 3 is 2.47 bits per heavy atom. The highest BCUT2D eigenvalue weighted by Gasteiger charge is 2.22. The number of hydrogen-bond acceptors (Lipinski definition) is 5. The van der Waals surface area contributed by atoms with Gasteiger partial charge < -0.3 is 9.80 Å². The summed E-state index contributed by atoms with van der Waals surface area (Å²) < 4.78 is 14.1. The molecule has 0 spiro atoms. The van der Waals surface area contributed by atoms with Crippen LogP contribution in [0.25, 0.3) is 0 Å². The Morgan fingerprint density at radius 2 is 1.77 bits per heavy atom. The molecule has 0 N–H and O–H groups in total. The van der Waals surface area contributed by atoms with Crippen LogP contribution in [0.15, 0.2) is 58.3 Å². The smallest absolute Gasteiger partial charge is 0.228 e. The zero-order valence-corrected chi connectivity index (χ0v) is 18.7. The van der Waals surface area contributed by atoms with Crippen molar-refractivity contribution in [3.05, 3.63) is 76.0 Å². The summed E-state index contributed by atoms with van der Waals surface area (Å²) in [5.74, 6) is 0.693. The van der Waals surface area contributed by atoms with Crippen LogP contribution in [-0.2, 0) is 17.0 Å². The van der Waals surface area contributed by atoms with Crippen LogP contribution in [0.4, 0.5) is 10.1 Å². The molecule has 2 heterocycles. The quantitative estimate of drug-likeness (QED) is 0.477. The van der Waals surface area contributed by atoms with Gasteiger partial charge in [0.15, 0.2) is 0 Å². The summed E-state index contributed by atoms with van der Waals surface area (Å²) in [5, 5.41) is 2.70. The molecule has 1 saturated heterocycles. The summed E-state index contributed by atoms with van der Waals surface area (Å²) in [6.45, 7) is 2.82. The van der Waals surface area contributed by atoms with E-state index in [9.17, 15) is 9.18 Å². The van der Waals surface area contributed by atoms with Crippen molar-refractivity contribution in [2.75, 3.05) is 31.1 Å². The fraction of sp³-hybridized carbons (Fsp3) is 0.273. The highest BCUT2D eigenvalue weighted by Crippen LogP contribution is 2.27. The number of anilines is 1. The monoisotopic (exact) mass is 461 g/mol. The number of halogens is 2. The van der Waals surface area contributed by atoms with Crippen LogP contribution in [0.2, 0.25) is 5.02 Å². The second-order valence-electron chi connectivity index (χ2n) is 7.04. The number of nitrogens with zero attached hydrogens (tertiary/aromatic N) is 3.